The molecule has 1 saturated heterocycles. The number of methoxy groups -OCH3 is 1. The summed E-state index contributed by atoms with van der Waals surface area (Å²) in [6, 6.07) is 9.81. The Morgan fingerprint density at radius 3 is 2.85 bits per heavy atom. The van der Waals surface area contributed by atoms with E-state index in [1.165, 1.54) is 16.9 Å². The van der Waals surface area contributed by atoms with E-state index < -0.39 is 0 Å². The minimum atomic E-state index is -0.289. The first-order chi connectivity index (χ1) is 13.1. The zero-order valence-corrected chi connectivity index (χ0v) is 16.0. The molecule has 1 aliphatic rings. The molecule has 1 amide bonds. The fourth-order valence-electron chi connectivity index (χ4n) is 3.28. The lowest BCUT2D eigenvalue weighted by Crippen LogP contribution is -2.32. The predicted molar refractivity (Wildman–Crippen MR) is 99.6 cm³/mol. The van der Waals surface area contributed by atoms with E-state index in [4.69, 9.17) is 9.15 Å². The molecule has 8 heteroatoms. The van der Waals surface area contributed by atoms with Crippen molar-refractivity contribution in [3.8, 4) is 0 Å². The van der Waals surface area contributed by atoms with Crippen molar-refractivity contribution in [3.05, 3.63) is 63.8 Å². The van der Waals surface area contributed by atoms with Gasteiger partial charge in [-0.2, -0.15) is 0 Å². The van der Waals surface area contributed by atoms with Crippen LogP contribution in [0.5, 0.6) is 0 Å². The third-order valence-electron chi connectivity index (χ3n) is 4.65. The zero-order valence-electron chi connectivity index (χ0n) is 15.2. The number of ether oxygens (including phenoxy) is 1. The molecule has 0 radical (unpaired) electrons. The number of thiazole rings is 1. The van der Waals surface area contributed by atoms with Gasteiger partial charge in [0.15, 0.2) is 0 Å². The average Bonchev–Trinajstić information content (AvgIpc) is 3.41. The monoisotopic (exact) mass is 384 g/mol. The molecule has 2 atom stereocenters. The van der Waals surface area contributed by atoms with Gasteiger partial charge in [0.2, 0.25) is 11.8 Å². The largest absolute Gasteiger partial charge is 0.423 e. The molecule has 7 nitrogen and oxygen atoms in total. The van der Waals surface area contributed by atoms with Gasteiger partial charge in [0.25, 0.3) is 5.91 Å². The van der Waals surface area contributed by atoms with E-state index >= 15 is 0 Å². The smallest absolute Gasteiger partial charge is 0.274 e. The van der Waals surface area contributed by atoms with Gasteiger partial charge in [-0.25, -0.2) is 4.98 Å². The van der Waals surface area contributed by atoms with E-state index in [0.717, 1.165) is 5.01 Å². The van der Waals surface area contributed by atoms with E-state index in [0.29, 0.717) is 36.9 Å². The van der Waals surface area contributed by atoms with Crippen molar-refractivity contribution in [2.45, 2.75) is 31.9 Å². The highest BCUT2D eigenvalue weighted by Gasteiger charge is 2.40. The average molecular weight is 384 g/mol. The van der Waals surface area contributed by atoms with Gasteiger partial charge in [-0.3, -0.25) is 4.79 Å². The lowest BCUT2D eigenvalue weighted by Gasteiger charge is -2.20. The van der Waals surface area contributed by atoms with E-state index in [9.17, 15) is 4.79 Å². The van der Waals surface area contributed by atoms with Gasteiger partial charge in [-0.05, 0) is 5.56 Å². The first-order valence-corrected chi connectivity index (χ1v) is 9.64. The number of aromatic nitrogens is 3. The van der Waals surface area contributed by atoms with Crippen molar-refractivity contribution in [1.29, 1.82) is 0 Å². The maximum atomic E-state index is 13.1. The van der Waals surface area contributed by atoms with Gasteiger partial charge in [-0.1, -0.05) is 30.3 Å². The minimum Gasteiger partial charge on any atom is -0.423 e. The maximum Gasteiger partial charge on any atom is 0.274 e. The Morgan fingerprint density at radius 2 is 2.15 bits per heavy atom. The number of likely N-dealkylation sites (tertiary alicyclic amines) is 1. The summed E-state index contributed by atoms with van der Waals surface area (Å²) >= 11 is 1.50. The molecule has 0 unspecified atom stereocenters. The summed E-state index contributed by atoms with van der Waals surface area (Å²) in [5.74, 6) is 0.795. The van der Waals surface area contributed by atoms with Crippen molar-refractivity contribution >= 4 is 17.2 Å². The maximum absolute atomic E-state index is 13.1. The molecular formula is C19H20N4O3S. The summed E-state index contributed by atoms with van der Waals surface area (Å²) in [5.41, 5.74) is 1.62. The Bertz CT molecular complexity index is 924. The lowest BCUT2D eigenvalue weighted by atomic mass is 10.2. The highest BCUT2D eigenvalue weighted by atomic mass is 32.1. The summed E-state index contributed by atoms with van der Waals surface area (Å²) < 4.78 is 11.0. The fourth-order valence-corrected chi connectivity index (χ4v) is 4.08. The summed E-state index contributed by atoms with van der Waals surface area (Å²) in [5, 5.41) is 10.7. The van der Waals surface area contributed by atoms with Crippen LogP contribution in [0.25, 0.3) is 0 Å². The minimum absolute atomic E-state index is 0.0615. The topological polar surface area (TPSA) is 81.4 Å². The Kier molecular flexibility index (Phi) is 5.00. The zero-order chi connectivity index (χ0) is 18.8. The van der Waals surface area contributed by atoms with Crippen molar-refractivity contribution in [2.24, 2.45) is 0 Å². The Hall–Kier alpha value is -2.58. The van der Waals surface area contributed by atoms with Gasteiger partial charge < -0.3 is 14.1 Å². The number of hydrogen-bond donors (Lipinski definition) is 0. The number of amides is 1. The number of rotatable bonds is 5. The molecule has 2 aromatic heterocycles. The second-order valence-corrected chi connectivity index (χ2v) is 7.46. The van der Waals surface area contributed by atoms with Crippen LogP contribution in [0.15, 0.2) is 40.1 Å². The van der Waals surface area contributed by atoms with Crippen LogP contribution in [0.1, 0.15) is 45.3 Å². The predicted octanol–water partition coefficient (Wildman–Crippen LogP) is 3.03. The molecule has 0 aliphatic carbocycles. The molecule has 4 rings (SSSR count). The number of benzene rings is 1. The Labute approximate surface area is 161 Å². The number of nitrogens with zero attached hydrogens (tertiary/aromatic N) is 4. The van der Waals surface area contributed by atoms with Crippen LogP contribution in [0.2, 0.25) is 0 Å². The normalized spacial score (nSPS) is 19.6. The quantitative estimate of drug-likeness (QED) is 0.673. The number of carbonyl (C=O) groups is 1. The van der Waals surface area contributed by atoms with Crippen LogP contribution in [-0.2, 0) is 11.2 Å². The lowest BCUT2D eigenvalue weighted by molar-refractivity contribution is 0.0669. The number of carbonyl (C=O) groups excluding carboxylic acids is 1. The van der Waals surface area contributed by atoms with Gasteiger partial charge in [0.05, 0.1) is 11.1 Å². The third-order valence-corrected chi connectivity index (χ3v) is 5.50. The Morgan fingerprint density at radius 1 is 1.33 bits per heavy atom. The molecule has 1 aromatic carbocycles. The standard InChI is InChI=1S/C19H20N4O3S/c1-12-21-22-18(26-12)16-9-14(25-2)10-23(16)19(24)15-11-27-17(20-15)8-13-6-4-3-5-7-13/h3-7,11,14,16H,8-10H2,1-2H3/t14-,16-/m1/s1. The molecule has 27 heavy (non-hydrogen) atoms. The van der Waals surface area contributed by atoms with E-state index in [2.05, 4.69) is 27.3 Å². The molecular weight excluding hydrogens is 364 g/mol. The van der Waals surface area contributed by atoms with Crippen LogP contribution in [-0.4, -0.2) is 45.7 Å². The van der Waals surface area contributed by atoms with Gasteiger partial charge in [0, 0.05) is 38.8 Å². The molecule has 0 spiro atoms. The molecule has 0 bridgehead atoms. The fraction of sp³-hybridized carbons (Fsp3) is 0.368. The second-order valence-electron chi connectivity index (χ2n) is 6.51. The van der Waals surface area contributed by atoms with Crippen molar-refractivity contribution in [2.75, 3.05) is 13.7 Å². The Balaban J connectivity index is 1.54. The highest BCUT2D eigenvalue weighted by molar-refractivity contribution is 7.09. The number of aryl methyl sites for hydroxylation is 1. The first-order valence-electron chi connectivity index (χ1n) is 8.76. The van der Waals surface area contributed by atoms with E-state index in [1.54, 1.807) is 18.9 Å². The molecule has 0 N–H and O–H groups in total. The van der Waals surface area contributed by atoms with E-state index in [1.807, 2.05) is 23.6 Å². The second kappa shape index (κ2) is 7.58. The summed E-state index contributed by atoms with van der Waals surface area (Å²) in [4.78, 5) is 19.4. The van der Waals surface area contributed by atoms with Crippen LogP contribution < -0.4 is 0 Å². The van der Waals surface area contributed by atoms with Crippen LogP contribution in [0.3, 0.4) is 0 Å². The third kappa shape index (κ3) is 3.77. The molecule has 140 valence electrons. The van der Waals surface area contributed by atoms with Crippen molar-refractivity contribution < 1.29 is 13.9 Å². The summed E-state index contributed by atoms with van der Waals surface area (Å²) in [6.45, 7) is 2.22. The highest BCUT2D eigenvalue weighted by Crippen LogP contribution is 2.34. The van der Waals surface area contributed by atoms with Crippen LogP contribution >= 0.6 is 11.3 Å². The molecule has 1 fully saturated rings. The molecule has 3 heterocycles. The van der Waals surface area contributed by atoms with E-state index in [-0.39, 0.29) is 18.1 Å². The SMILES string of the molecule is CO[C@@H]1C[C@H](c2nnc(C)o2)N(C(=O)c2csc(Cc3ccccc3)n2)C1. The van der Waals surface area contributed by atoms with Gasteiger partial charge in [-0.15, -0.1) is 21.5 Å². The first kappa shape index (κ1) is 17.8. The number of hydrogen-bond acceptors (Lipinski definition) is 7. The van der Waals surface area contributed by atoms with Gasteiger partial charge in [0.1, 0.15) is 11.7 Å². The molecule has 3 aromatic rings. The summed E-state index contributed by atoms with van der Waals surface area (Å²) in [6.07, 6.45) is 1.28. The van der Waals surface area contributed by atoms with Crippen LogP contribution in [0.4, 0.5) is 0 Å². The van der Waals surface area contributed by atoms with Crippen LogP contribution in [0, 0.1) is 6.92 Å². The summed E-state index contributed by atoms with van der Waals surface area (Å²) in [7, 11) is 1.65. The van der Waals surface area contributed by atoms with Gasteiger partial charge >= 0.3 is 0 Å². The van der Waals surface area contributed by atoms with Crippen molar-refractivity contribution in [3.63, 3.8) is 0 Å². The van der Waals surface area contributed by atoms with Crippen molar-refractivity contribution in [1.82, 2.24) is 20.1 Å². The molecule has 1 aliphatic heterocycles. The molecule has 0 saturated carbocycles.